The van der Waals surface area contributed by atoms with E-state index in [1.165, 1.54) is 36.8 Å². The highest BCUT2D eigenvalue weighted by atomic mass is 79.9. The lowest BCUT2D eigenvalue weighted by atomic mass is 9.84. The van der Waals surface area contributed by atoms with E-state index in [2.05, 4.69) is 51.4 Å². The standard InChI is InChI=1S/C15H19BrN2S/c1-2-10-4-3-5-12(8-10)17-15-18-13-7-6-11(16)9-14(13)19-15/h6-7,9-10,12H,2-5,8H2,1H3,(H,17,18). The lowest BCUT2D eigenvalue weighted by Crippen LogP contribution is -2.26. The van der Waals surface area contributed by atoms with Crippen LogP contribution in [-0.4, -0.2) is 11.0 Å². The van der Waals surface area contributed by atoms with E-state index in [0.717, 1.165) is 21.0 Å². The third-order valence-corrected chi connectivity index (χ3v) is 5.48. The first-order valence-electron chi connectivity index (χ1n) is 7.07. The maximum Gasteiger partial charge on any atom is 0.184 e. The molecule has 0 spiro atoms. The number of fused-ring (bicyclic) bond motifs is 1. The first-order valence-corrected chi connectivity index (χ1v) is 8.68. The molecule has 19 heavy (non-hydrogen) atoms. The Kier molecular flexibility index (Phi) is 4.08. The van der Waals surface area contributed by atoms with Crippen molar-refractivity contribution in [3.63, 3.8) is 0 Å². The first kappa shape index (κ1) is 13.4. The number of rotatable bonds is 3. The van der Waals surface area contributed by atoms with Gasteiger partial charge in [0, 0.05) is 10.5 Å². The molecular weight excluding hydrogens is 320 g/mol. The average molecular weight is 339 g/mol. The zero-order chi connectivity index (χ0) is 13.2. The smallest absolute Gasteiger partial charge is 0.184 e. The molecule has 0 saturated heterocycles. The minimum atomic E-state index is 0.614. The molecule has 1 aromatic carbocycles. The molecule has 0 radical (unpaired) electrons. The Labute approximate surface area is 126 Å². The second-order valence-electron chi connectivity index (χ2n) is 5.41. The SMILES string of the molecule is CCC1CCCC(Nc2nc3ccc(Br)cc3s2)C1. The van der Waals surface area contributed by atoms with Crippen LogP contribution < -0.4 is 5.32 Å². The molecule has 3 rings (SSSR count). The lowest BCUT2D eigenvalue weighted by molar-refractivity contribution is 0.327. The average Bonchev–Trinajstić information content (AvgIpc) is 2.80. The first-order chi connectivity index (χ1) is 9.24. The van der Waals surface area contributed by atoms with Crippen molar-refractivity contribution in [2.75, 3.05) is 5.32 Å². The van der Waals surface area contributed by atoms with Crippen molar-refractivity contribution in [2.45, 2.75) is 45.1 Å². The van der Waals surface area contributed by atoms with Gasteiger partial charge < -0.3 is 5.32 Å². The summed E-state index contributed by atoms with van der Waals surface area (Å²) in [5, 5.41) is 4.72. The van der Waals surface area contributed by atoms with Crippen LogP contribution in [0.3, 0.4) is 0 Å². The number of benzene rings is 1. The van der Waals surface area contributed by atoms with E-state index in [9.17, 15) is 0 Å². The van der Waals surface area contributed by atoms with Crippen molar-refractivity contribution in [1.29, 1.82) is 0 Å². The second kappa shape index (κ2) is 5.80. The van der Waals surface area contributed by atoms with Crippen molar-refractivity contribution < 1.29 is 0 Å². The Hall–Kier alpha value is -0.610. The van der Waals surface area contributed by atoms with Gasteiger partial charge in [0.1, 0.15) is 0 Å². The van der Waals surface area contributed by atoms with Gasteiger partial charge in [-0.2, -0.15) is 0 Å². The minimum Gasteiger partial charge on any atom is -0.359 e. The summed E-state index contributed by atoms with van der Waals surface area (Å²) in [7, 11) is 0. The Morgan fingerprint density at radius 3 is 3.16 bits per heavy atom. The van der Waals surface area contributed by atoms with Gasteiger partial charge in [-0.25, -0.2) is 4.98 Å². The van der Waals surface area contributed by atoms with E-state index in [1.54, 1.807) is 11.3 Å². The van der Waals surface area contributed by atoms with Gasteiger partial charge >= 0.3 is 0 Å². The fraction of sp³-hybridized carbons (Fsp3) is 0.533. The minimum absolute atomic E-state index is 0.614. The predicted molar refractivity (Wildman–Crippen MR) is 87.0 cm³/mol. The largest absolute Gasteiger partial charge is 0.359 e. The zero-order valence-corrected chi connectivity index (χ0v) is 13.6. The number of aromatic nitrogens is 1. The summed E-state index contributed by atoms with van der Waals surface area (Å²) in [5.74, 6) is 0.898. The quantitative estimate of drug-likeness (QED) is 0.805. The maximum atomic E-state index is 4.69. The molecule has 4 heteroatoms. The molecule has 1 aliphatic carbocycles. The molecule has 1 aliphatic rings. The summed E-state index contributed by atoms with van der Waals surface area (Å²) in [6.45, 7) is 2.31. The number of nitrogens with zero attached hydrogens (tertiary/aromatic N) is 1. The van der Waals surface area contributed by atoms with Crippen molar-refractivity contribution in [2.24, 2.45) is 5.92 Å². The Morgan fingerprint density at radius 1 is 1.42 bits per heavy atom. The van der Waals surface area contributed by atoms with Crippen LogP contribution in [0.1, 0.15) is 39.0 Å². The van der Waals surface area contributed by atoms with Crippen molar-refractivity contribution in [3.8, 4) is 0 Å². The second-order valence-corrected chi connectivity index (χ2v) is 7.36. The van der Waals surface area contributed by atoms with Gasteiger partial charge in [-0.15, -0.1) is 0 Å². The number of halogens is 1. The highest BCUT2D eigenvalue weighted by Crippen LogP contribution is 2.32. The molecule has 2 aromatic rings. The van der Waals surface area contributed by atoms with Gasteiger partial charge in [0.2, 0.25) is 0 Å². The Morgan fingerprint density at radius 2 is 2.32 bits per heavy atom. The predicted octanol–water partition coefficient (Wildman–Crippen LogP) is 5.44. The van der Waals surface area contributed by atoms with Gasteiger partial charge in [-0.05, 0) is 37.0 Å². The molecule has 0 amide bonds. The van der Waals surface area contributed by atoms with Gasteiger partial charge in [0.25, 0.3) is 0 Å². The third-order valence-electron chi connectivity index (χ3n) is 4.04. The van der Waals surface area contributed by atoms with Crippen molar-refractivity contribution in [3.05, 3.63) is 22.7 Å². The van der Waals surface area contributed by atoms with Crippen molar-refractivity contribution >= 4 is 42.6 Å². The molecule has 2 atom stereocenters. The number of hydrogen-bond acceptors (Lipinski definition) is 3. The Balaban J connectivity index is 1.74. The zero-order valence-electron chi connectivity index (χ0n) is 11.2. The summed E-state index contributed by atoms with van der Waals surface area (Å²) in [6.07, 6.45) is 6.66. The molecular formula is C15H19BrN2S. The molecule has 102 valence electrons. The summed E-state index contributed by atoms with van der Waals surface area (Å²) in [5.41, 5.74) is 1.10. The molecule has 1 aromatic heterocycles. The van der Waals surface area contributed by atoms with E-state index < -0.39 is 0 Å². The van der Waals surface area contributed by atoms with Gasteiger partial charge in [-0.3, -0.25) is 0 Å². The highest BCUT2D eigenvalue weighted by Gasteiger charge is 2.21. The topological polar surface area (TPSA) is 24.9 Å². The number of nitrogens with one attached hydrogen (secondary N) is 1. The molecule has 2 nitrogen and oxygen atoms in total. The molecule has 1 saturated carbocycles. The molecule has 1 N–H and O–H groups in total. The Bertz CT molecular complexity index is 566. The molecule has 0 aliphatic heterocycles. The van der Waals surface area contributed by atoms with Gasteiger partial charge in [0.15, 0.2) is 5.13 Å². The third kappa shape index (κ3) is 3.11. The fourth-order valence-electron chi connectivity index (χ4n) is 2.93. The number of hydrogen-bond donors (Lipinski definition) is 1. The lowest BCUT2D eigenvalue weighted by Gasteiger charge is -2.28. The summed E-state index contributed by atoms with van der Waals surface area (Å²) in [6, 6.07) is 6.90. The van der Waals surface area contributed by atoms with Crippen molar-refractivity contribution in [1.82, 2.24) is 4.98 Å². The van der Waals surface area contributed by atoms with Crippen LogP contribution in [-0.2, 0) is 0 Å². The van der Waals surface area contributed by atoms with E-state index in [-0.39, 0.29) is 0 Å². The van der Waals surface area contributed by atoms with Crippen LogP contribution in [0, 0.1) is 5.92 Å². The number of anilines is 1. The van der Waals surface area contributed by atoms with Crippen LogP contribution in [0.2, 0.25) is 0 Å². The maximum absolute atomic E-state index is 4.69. The van der Waals surface area contributed by atoms with Gasteiger partial charge in [-0.1, -0.05) is 53.5 Å². The van der Waals surface area contributed by atoms with E-state index in [1.807, 2.05) is 0 Å². The van der Waals surface area contributed by atoms with Crippen LogP contribution in [0.5, 0.6) is 0 Å². The monoisotopic (exact) mass is 338 g/mol. The van der Waals surface area contributed by atoms with Crippen LogP contribution in [0.4, 0.5) is 5.13 Å². The molecule has 2 unspecified atom stereocenters. The number of thiazole rings is 1. The summed E-state index contributed by atoms with van der Waals surface area (Å²) in [4.78, 5) is 4.69. The van der Waals surface area contributed by atoms with Crippen LogP contribution >= 0.6 is 27.3 Å². The van der Waals surface area contributed by atoms with E-state index >= 15 is 0 Å². The van der Waals surface area contributed by atoms with Gasteiger partial charge in [0.05, 0.1) is 10.2 Å². The highest BCUT2D eigenvalue weighted by molar-refractivity contribution is 9.10. The van der Waals surface area contributed by atoms with E-state index in [4.69, 9.17) is 0 Å². The summed E-state index contributed by atoms with van der Waals surface area (Å²) < 4.78 is 2.37. The van der Waals surface area contributed by atoms with Crippen LogP contribution in [0.25, 0.3) is 10.2 Å². The summed E-state index contributed by atoms with van der Waals surface area (Å²) >= 11 is 5.28. The van der Waals surface area contributed by atoms with E-state index in [0.29, 0.717) is 6.04 Å². The molecule has 0 bridgehead atoms. The van der Waals surface area contributed by atoms with Crippen LogP contribution in [0.15, 0.2) is 22.7 Å². The normalized spacial score (nSPS) is 23.7. The molecule has 1 fully saturated rings. The molecule has 1 heterocycles. The fourth-order valence-corrected chi connectivity index (χ4v) is 4.42.